The summed E-state index contributed by atoms with van der Waals surface area (Å²) in [7, 11) is 1.50. The van der Waals surface area contributed by atoms with E-state index in [0.29, 0.717) is 53.0 Å². The number of rotatable bonds is 5. The molecule has 2 fully saturated rings. The summed E-state index contributed by atoms with van der Waals surface area (Å²) >= 11 is 12.1. The summed E-state index contributed by atoms with van der Waals surface area (Å²) in [6.45, 7) is 0.909. The Morgan fingerprint density at radius 3 is 2.47 bits per heavy atom. The predicted molar refractivity (Wildman–Crippen MR) is 118 cm³/mol. The third-order valence-corrected chi connectivity index (χ3v) is 6.31. The molecule has 0 atom stereocenters. The van der Waals surface area contributed by atoms with Crippen LogP contribution in [0.4, 0.5) is 4.79 Å². The van der Waals surface area contributed by atoms with Crippen molar-refractivity contribution in [3.63, 3.8) is 0 Å². The van der Waals surface area contributed by atoms with Gasteiger partial charge in [-0.1, -0.05) is 29.3 Å². The summed E-state index contributed by atoms with van der Waals surface area (Å²) in [4.78, 5) is 38.2. The summed E-state index contributed by atoms with van der Waals surface area (Å²) in [5, 5.41) is 5.99. The number of likely N-dealkylation sites (tertiary alicyclic amines) is 1. The van der Waals surface area contributed by atoms with Crippen LogP contribution in [0.1, 0.15) is 28.8 Å². The number of carbonyl (C=O) groups excluding carboxylic acids is 3. The second-order valence-corrected chi connectivity index (χ2v) is 8.52. The zero-order valence-corrected chi connectivity index (χ0v) is 18.8. The van der Waals surface area contributed by atoms with Gasteiger partial charge < -0.3 is 19.7 Å². The molecule has 2 heterocycles. The van der Waals surface area contributed by atoms with Crippen molar-refractivity contribution in [2.45, 2.75) is 25.0 Å². The number of imide groups is 1. The molecule has 2 saturated heterocycles. The highest BCUT2D eigenvalue weighted by atomic mass is 35.5. The molecule has 0 aromatic heterocycles. The van der Waals surface area contributed by atoms with Crippen LogP contribution < -0.4 is 20.1 Å². The van der Waals surface area contributed by atoms with Gasteiger partial charge in [-0.3, -0.25) is 14.9 Å². The molecule has 2 N–H and O–H groups in total. The number of methoxy groups -OCH3 is 1. The molecule has 4 amide bonds. The van der Waals surface area contributed by atoms with Gasteiger partial charge in [-0.2, -0.15) is 0 Å². The lowest BCUT2D eigenvalue weighted by Crippen LogP contribution is -2.55. The number of piperidine rings is 1. The number of hydrogen-bond acceptors (Lipinski definition) is 5. The maximum absolute atomic E-state index is 13.0. The Kier molecular flexibility index (Phi) is 6.17. The van der Waals surface area contributed by atoms with E-state index in [1.165, 1.54) is 7.11 Å². The number of carbonyl (C=O) groups is 3. The number of benzene rings is 2. The Bertz CT molecular complexity index is 1080. The third-order valence-electron chi connectivity index (χ3n) is 5.73. The number of hydrogen-bond donors (Lipinski definition) is 2. The molecular formula is C22H21Cl2N3O5. The molecule has 2 aromatic rings. The van der Waals surface area contributed by atoms with Crippen LogP contribution in [0.5, 0.6) is 11.5 Å². The van der Waals surface area contributed by atoms with Crippen molar-refractivity contribution in [1.29, 1.82) is 0 Å². The standard InChI is InChI=1S/C22H21Cl2N3O5/c1-31-18-10-13(3-5-17(18)32-12-14-2-4-15(23)11-16(14)24)19(28)27-8-6-22(7-9-27)20(29)25-21(30)26-22/h2-5,10-11H,6-9,12H2,1H3,(H2,25,26,29,30). The molecule has 1 spiro atoms. The van der Waals surface area contributed by atoms with Crippen LogP contribution >= 0.6 is 23.2 Å². The van der Waals surface area contributed by atoms with E-state index in [1.54, 1.807) is 41.3 Å². The molecule has 8 nitrogen and oxygen atoms in total. The van der Waals surface area contributed by atoms with Crippen molar-refractivity contribution >= 4 is 41.0 Å². The third kappa shape index (κ3) is 4.33. The van der Waals surface area contributed by atoms with E-state index >= 15 is 0 Å². The molecule has 0 unspecified atom stereocenters. The van der Waals surface area contributed by atoms with E-state index in [0.717, 1.165) is 5.56 Å². The SMILES string of the molecule is COc1cc(C(=O)N2CCC3(CC2)NC(=O)NC3=O)ccc1OCc1ccc(Cl)cc1Cl. The highest BCUT2D eigenvalue weighted by Crippen LogP contribution is 2.32. The van der Waals surface area contributed by atoms with E-state index < -0.39 is 11.6 Å². The Balaban J connectivity index is 1.42. The molecule has 168 valence electrons. The molecule has 2 aliphatic heterocycles. The minimum Gasteiger partial charge on any atom is -0.493 e. The zero-order valence-electron chi connectivity index (χ0n) is 17.2. The number of urea groups is 1. The lowest BCUT2D eigenvalue weighted by Gasteiger charge is -2.37. The van der Waals surface area contributed by atoms with E-state index in [2.05, 4.69) is 10.6 Å². The van der Waals surface area contributed by atoms with Crippen molar-refractivity contribution in [1.82, 2.24) is 15.5 Å². The second kappa shape index (κ2) is 8.88. The number of amides is 4. The van der Waals surface area contributed by atoms with Crippen LogP contribution in [-0.4, -0.2) is 48.5 Å². The van der Waals surface area contributed by atoms with Gasteiger partial charge in [0, 0.05) is 34.3 Å². The van der Waals surface area contributed by atoms with Crippen molar-refractivity contribution in [2.75, 3.05) is 20.2 Å². The fourth-order valence-electron chi connectivity index (χ4n) is 3.87. The average molecular weight is 478 g/mol. The van der Waals surface area contributed by atoms with Gasteiger partial charge >= 0.3 is 6.03 Å². The molecule has 0 aliphatic carbocycles. The van der Waals surface area contributed by atoms with Crippen LogP contribution in [0.15, 0.2) is 36.4 Å². The van der Waals surface area contributed by atoms with E-state index in [-0.39, 0.29) is 18.4 Å². The molecule has 0 radical (unpaired) electrons. The Morgan fingerprint density at radius 1 is 1.09 bits per heavy atom. The Hall–Kier alpha value is -2.97. The molecule has 4 rings (SSSR count). The summed E-state index contributed by atoms with van der Waals surface area (Å²) in [6.07, 6.45) is 0.715. The quantitative estimate of drug-likeness (QED) is 0.643. The maximum Gasteiger partial charge on any atom is 0.322 e. The molecule has 0 bridgehead atoms. The normalized spacial score (nSPS) is 17.2. The van der Waals surface area contributed by atoms with Gasteiger partial charge in [-0.15, -0.1) is 0 Å². The van der Waals surface area contributed by atoms with Gasteiger partial charge in [0.25, 0.3) is 11.8 Å². The molecule has 0 saturated carbocycles. The molecule has 2 aromatic carbocycles. The van der Waals surface area contributed by atoms with Crippen molar-refractivity contribution < 1.29 is 23.9 Å². The van der Waals surface area contributed by atoms with E-state index in [1.807, 2.05) is 0 Å². The molecule has 32 heavy (non-hydrogen) atoms. The van der Waals surface area contributed by atoms with Gasteiger partial charge in [0.2, 0.25) is 0 Å². The Morgan fingerprint density at radius 2 is 1.84 bits per heavy atom. The van der Waals surface area contributed by atoms with Crippen molar-refractivity contribution in [3.8, 4) is 11.5 Å². The van der Waals surface area contributed by atoms with Gasteiger partial charge in [-0.25, -0.2) is 4.79 Å². The lowest BCUT2D eigenvalue weighted by molar-refractivity contribution is -0.125. The maximum atomic E-state index is 13.0. The Labute approximate surface area is 194 Å². The number of ether oxygens (including phenoxy) is 2. The summed E-state index contributed by atoms with van der Waals surface area (Å²) < 4.78 is 11.3. The van der Waals surface area contributed by atoms with Crippen LogP contribution in [0.2, 0.25) is 10.0 Å². The minimum atomic E-state index is -0.924. The second-order valence-electron chi connectivity index (χ2n) is 7.67. The predicted octanol–water partition coefficient (Wildman–Crippen LogP) is 3.40. The highest BCUT2D eigenvalue weighted by Gasteiger charge is 2.48. The van der Waals surface area contributed by atoms with Gasteiger partial charge in [0.15, 0.2) is 11.5 Å². The zero-order chi connectivity index (χ0) is 22.9. The number of nitrogens with zero attached hydrogens (tertiary/aromatic N) is 1. The van der Waals surface area contributed by atoms with E-state index in [4.69, 9.17) is 32.7 Å². The first kappa shape index (κ1) is 22.2. The summed E-state index contributed by atoms with van der Waals surface area (Å²) in [5.74, 6) is 0.364. The fourth-order valence-corrected chi connectivity index (χ4v) is 4.33. The first-order chi connectivity index (χ1) is 15.3. The fraction of sp³-hybridized carbons (Fsp3) is 0.318. The summed E-state index contributed by atoms with van der Waals surface area (Å²) in [6, 6.07) is 9.62. The topological polar surface area (TPSA) is 97.0 Å². The monoisotopic (exact) mass is 477 g/mol. The first-order valence-electron chi connectivity index (χ1n) is 9.99. The van der Waals surface area contributed by atoms with Crippen LogP contribution in [-0.2, 0) is 11.4 Å². The summed E-state index contributed by atoms with van der Waals surface area (Å²) in [5.41, 5.74) is 0.282. The first-order valence-corrected chi connectivity index (χ1v) is 10.7. The number of nitrogens with one attached hydrogen (secondary N) is 2. The average Bonchev–Trinajstić information content (AvgIpc) is 3.05. The molecular weight excluding hydrogens is 457 g/mol. The smallest absolute Gasteiger partial charge is 0.322 e. The molecule has 2 aliphatic rings. The van der Waals surface area contributed by atoms with Crippen molar-refractivity contribution in [3.05, 3.63) is 57.6 Å². The molecule has 10 heteroatoms. The van der Waals surface area contributed by atoms with E-state index in [9.17, 15) is 14.4 Å². The highest BCUT2D eigenvalue weighted by molar-refractivity contribution is 6.35. The number of halogens is 2. The van der Waals surface area contributed by atoms with Crippen LogP contribution in [0.3, 0.4) is 0 Å². The van der Waals surface area contributed by atoms with Gasteiger partial charge in [0.1, 0.15) is 12.1 Å². The van der Waals surface area contributed by atoms with Crippen molar-refractivity contribution in [2.24, 2.45) is 0 Å². The minimum absolute atomic E-state index is 0.185. The van der Waals surface area contributed by atoms with Gasteiger partial charge in [0.05, 0.1) is 7.11 Å². The lowest BCUT2D eigenvalue weighted by atomic mass is 9.87. The van der Waals surface area contributed by atoms with Gasteiger partial charge in [-0.05, 0) is 43.2 Å². The van der Waals surface area contributed by atoms with Crippen LogP contribution in [0, 0.1) is 0 Å². The largest absolute Gasteiger partial charge is 0.493 e. The van der Waals surface area contributed by atoms with Crippen LogP contribution in [0.25, 0.3) is 0 Å².